The van der Waals surface area contributed by atoms with Gasteiger partial charge in [0, 0.05) is 17.6 Å². The monoisotopic (exact) mass is 210 g/mol. The van der Waals surface area contributed by atoms with E-state index in [-0.39, 0.29) is 0 Å². The minimum Gasteiger partial charge on any atom is -0.298 e. The fraction of sp³-hybridized carbons (Fsp3) is 0.727. The van der Waals surface area contributed by atoms with E-state index >= 15 is 0 Å². The molecule has 0 saturated carbocycles. The molecule has 0 spiro atoms. The van der Waals surface area contributed by atoms with E-state index in [1.807, 2.05) is 17.5 Å². The fourth-order valence-electron chi connectivity index (χ4n) is 1.99. The molecule has 0 aliphatic carbocycles. The molecule has 2 rings (SSSR count). The number of hydrogen-bond acceptors (Lipinski definition) is 3. The summed E-state index contributed by atoms with van der Waals surface area (Å²) in [5, 5.41) is 1.19. The van der Waals surface area contributed by atoms with Gasteiger partial charge < -0.3 is 0 Å². The highest BCUT2D eigenvalue weighted by Gasteiger charge is 2.10. The number of nitrogens with zero attached hydrogens (tertiary/aromatic N) is 2. The molecule has 3 heteroatoms. The zero-order chi connectivity index (χ0) is 9.80. The number of rotatable bonds is 2. The van der Waals surface area contributed by atoms with Crippen molar-refractivity contribution in [3.8, 4) is 0 Å². The first-order valence-electron chi connectivity index (χ1n) is 5.48. The highest BCUT2D eigenvalue weighted by atomic mass is 32.1. The van der Waals surface area contributed by atoms with Gasteiger partial charge in [0.15, 0.2) is 0 Å². The Morgan fingerprint density at radius 3 is 2.57 bits per heavy atom. The summed E-state index contributed by atoms with van der Waals surface area (Å²) >= 11 is 1.84. The van der Waals surface area contributed by atoms with Gasteiger partial charge in [-0.05, 0) is 32.9 Å². The van der Waals surface area contributed by atoms with Crippen LogP contribution in [-0.2, 0) is 6.54 Å². The Morgan fingerprint density at radius 1 is 1.29 bits per heavy atom. The van der Waals surface area contributed by atoms with Crippen LogP contribution in [0.5, 0.6) is 0 Å². The second kappa shape index (κ2) is 4.89. The Morgan fingerprint density at radius 2 is 2.00 bits per heavy atom. The topological polar surface area (TPSA) is 16.1 Å². The molecule has 1 fully saturated rings. The molecule has 0 aromatic carbocycles. The minimum absolute atomic E-state index is 1.12. The van der Waals surface area contributed by atoms with Crippen molar-refractivity contribution in [3.05, 3.63) is 16.1 Å². The molecule has 0 unspecified atom stereocenters. The summed E-state index contributed by atoms with van der Waals surface area (Å²) in [5.41, 5.74) is 0. The maximum atomic E-state index is 4.30. The Kier molecular flexibility index (Phi) is 3.54. The van der Waals surface area contributed by atoms with Crippen molar-refractivity contribution < 1.29 is 0 Å². The van der Waals surface area contributed by atoms with Gasteiger partial charge in [-0.2, -0.15) is 0 Å². The molecule has 14 heavy (non-hydrogen) atoms. The normalized spacial score (nSPS) is 19.5. The molecule has 1 aliphatic heterocycles. The van der Waals surface area contributed by atoms with E-state index in [1.165, 1.54) is 48.7 Å². The highest BCUT2D eigenvalue weighted by Crippen LogP contribution is 2.17. The standard InChI is InChI=1S/C11H18N2S/c1-10-12-8-11(14-10)9-13-6-4-2-3-5-7-13/h8H,2-7,9H2,1H3. The van der Waals surface area contributed by atoms with Crippen molar-refractivity contribution in [2.75, 3.05) is 13.1 Å². The quantitative estimate of drug-likeness (QED) is 0.746. The van der Waals surface area contributed by atoms with Crippen LogP contribution in [0, 0.1) is 6.92 Å². The molecule has 2 heterocycles. The van der Waals surface area contributed by atoms with Gasteiger partial charge in [0.25, 0.3) is 0 Å². The van der Waals surface area contributed by atoms with Crippen molar-refractivity contribution in [2.45, 2.75) is 39.2 Å². The summed E-state index contributed by atoms with van der Waals surface area (Å²) in [4.78, 5) is 8.29. The van der Waals surface area contributed by atoms with E-state index in [9.17, 15) is 0 Å². The van der Waals surface area contributed by atoms with Gasteiger partial charge in [-0.1, -0.05) is 12.8 Å². The molecule has 78 valence electrons. The average Bonchev–Trinajstić information content (AvgIpc) is 2.43. The van der Waals surface area contributed by atoms with E-state index in [4.69, 9.17) is 0 Å². The van der Waals surface area contributed by atoms with Crippen molar-refractivity contribution in [3.63, 3.8) is 0 Å². The van der Waals surface area contributed by atoms with Gasteiger partial charge in [-0.3, -0.25) is 4.90 Å². The summed E-state index contributed by atoms with van der Waals surface area (Å²) < 4.78 is 0. The van der Waals surface area contributed by atoms with Crippen LogP contribution in [0.2, 0.25) is 0 Å². The van der Waals surface area contributed by atoms with Crippen molar-refractivity contribution in [2.24, 2.45) is 0 Å². The SMILES string of the molecule is Cc1ncc(CN2CCCCCC2)s1. The molecule has 0 amide bonds. The Hall–Kier alpha value is -0.410. The molecule has 1 saturated heterocycles. The number of aryl methyl sites for hydroxylation is 1. The van der Waals surface area contributed by atoms with E-state index < -0.39 is 0 Å². The van der Waals surface area contributed by atoms with Gasteiger partial charge in [0.05, 0.1) is 5.01 Å². The zero-order valence-corrected chi connectivity index (χ0v) is 9.65. The van der Waals surface area contributed by atoms with Gasteiger partial charge in [-0.15, -0.1) is 11.3 Å². The zero-order valence-electron chi connectivity index (χ0n) is 8.83. The maximum Gasteiger partial charge on any atom is 0.0897 e. The van der Waals surface area contributed by atoms with Gasteiger partial charge in [-0.25, -0.2) is 4.98 Å². The molecule has 2 nitrogen and oxygen atoms in total. The summed E-state index contributed by atoms with van der Waals surface area (Å²) in [6.07, 6.45) is 7.61. The van der Waals surface area contributed by atoms with Crippen molar-refractivity contribution in [1.82, 2.24) is 9.88 Å². The van der Waals surface area contributed by atoms with E-state index in [0.717, 1.165) is 6.54 Å². The minimum atomic E-state index is 1.12. The van der Waals surface area contributed by atoms with Crippen LogP contribution in [0.15, 0.2) is 6.20 Å². The predicted molar refractivity (Wildman–Crippen MR) is 60.6 cm³/mol. The Bertz CT molecular complexity index is 275. The average molecular weight is 210 g/mol. The third-order valence-corrected chi connectivity index (χ3v) is 3.64. The summed E-state index contributed by atoms with van der Waals surface area (Å²) in [6, 6.07) is 0. The fourth-order valence-corrected chi connectivity index (χ4v) is 2.83. The predicted octanol–water partition coefficient (Wildman–Crippen LogP) is 2.83. The van der Waals surface area contributed by atoms with Crippen LogP contribution >= 0.6 is 11.3 Å². The molecule has 0 radical (unpaired) electrons. The molecule has 1 aliphatic rings. The second-order valence-corrected chi connectivity index (χ2v) is 5.36. The summed E-state index contributed by atoms with van der Waals surface area (Å²) in [5.74, 6) is 0. The molecule has 0 atom stereocenters. The smallest absolute Gasteiger partial charge is 0.0897 e. The lowest BCUT2D eigenvalue weighted by Crippen LogP contribution is -2.23. The van der Waals surface area contributed by atoms with E-state index in [2.05, 4.69) is 16.8 Å². The third kappa shape index (κ3) is 2.79. The van der Waals surface area contributed by atoms with Crippen LogP contribution in [0.3, 0.4) is 0 Å². The number of hydrogen-bond donors (Lipinski definition) is 0. The summed E-state index contributed by atoms with van der Waals surface area (Å²) in [7, 11) is 0. The van der Waals surface area contributed by atoms with Crippen LogP contribution < -0.4 is 0 Å². The molecular weight excluding hydrogens is 192 g/mol. The second-order valence-electron chi connectivity index (χ2n) is 4.04. The lowest BCUT2D eigenvalue weighted by Gasteiger charge is -2.18. The highest BCUT2D eigenvalue weighted by molar-refractivity contribution is 7.11. The van der Waals surface area contributed by atoms with Crippen LogP contribution in [0.1, 0.15) is 35.6 Å². The van der Waals surface area contributed by atoms with Gasteiger partial charge in [0.1, 0.15) is 0 Å². The van der Waals surface area contributed by atoms with E-state index in [0.29, 0.717) is 0 Å². The summed E-state index contributed by atoms with van der Waals surface area (Å²) in [6.45, 7) is 5.75. The van der Waals surface area contributed by atoms with Crippen LogP contribution in [0.25, 0.3) is 0 Å². The first-order valence-corrected chi connectivity index (χ1v) is 6.30. The van der Waals surface area contributed by atoms with Crippen molar-refractivity contribution in [1.29, 1.82) is 0 Å². The van der Waals surface area contributed by atoms with Gasteiger partial charge in [0.2, 0.25) is 0 Å². The molecule has 0 bridgehead atoms. The Balaban J connectivity index is 1.89. The van der Waals surface area contributed by atoms with Gasteiger partial charge >= 0.3 is 0 Å². The first kappa shape index (κ1) is 10.1. The van der Waals surface area contributed by atoms with E-state index in [1.54, 1.807) is 0 Å². The molecule has 1 aromatic rings. The van der Waals surface area contributed by atoms with Crippen molar-refractivity contribution >= 4 is 11.3 Å². The lowest BCUT2D eigenvalue weighted by molar-refractivity contribution is 0.279. The largest absolute Gasteiger partial charge is 0.298 e. The maximum absolute atomic E-state index is 4.30. The number of thiazole rings is 1. The van der Waals surface area contributed by atoms with Crippen LogP contribution in [-0.4, -0.2) is 23.0 Å². The van der Waals surface area contributed by atoms with Crippen LogP contribution in [0.4, 0.5) is 0 Å². The Labute approximate surface area is 90.0 Å². The third-order valence-electron chi connectivity index (χ3n) is 2.75. The lowest BCUT2D eigenvalue weighted by atomic mass is 10.2. The number of aromatic nitrogens is 1. The molecular formula is C11H18N2S. The molecule has 0 N–H and O–H groups in total. The molecule has 1 aromatic heterocycles. The first-order chi connectivity index (χ1) is 6.84. The number of likely N-dealkylation sites (tertiary alicyclic amines) is 1.